The van der Waals surface area contributed by atoms with Crippen LogP contribution in [0.4, 0.5) is 5.88 Å². The molecule has 0 saturated carbocycles. The van der Waals surface area contributed by atoms with E-state index >= 15 is 0 Å². The number of oxazole rings is 1. The Balaban J connectivity index is 1.43. The largest absolute Gasteiger partial charge is 0.497 e. The van der Waals surface area contributed by atoms with E-state index in [0.29, 0.717) is 42.5 Å². The number of ether oxygens (including phenoxy) is 1. The van der Waals surface area contributed by atoms with Crippen molar-refractivity contribution in [3.63, 3.8) is 0 Å². The van der Waals surface area contributed by atoms with Crippen molar-refractivity contribution in [3.05, 3.63) is 76.6 Å². The molecule has 36 heavy (non-hydrogen) atoms. The predicted octanol–water partition coefficient (Wildman–Crippen LogP) is 4.86. The molecule has 5 rings (SSSR count). The topological polar surface area (TPSA) is 92.9 Å². The summed E-state index contributed by atoms with van der Waals surface area (Å²) in [6, 6.07) is 16.6. The minimum atomic E-state index is -3.98. The third-order valence-electron chi connectivity index (χ3n) is 5.86. The number of anilines is 1. The Morgan fingerprint density at radius 3 is 2.47 bits per heavy atom. The number of sulfone groups is 1. The molecule has 2 aromatic heterocycles. The molecule has 1 fully saturated rings. The molecular weight excluding hydrogens is 522 g/mol. The number of thiophene rings is 1. The number of aromatic nitrogens is 1. The first-order valence-corrected chi connectivity index (χ1v) is 13.8. The van der Waals surface area contributed by atoms with Crippen molar-refractivity contribution < 1.29 is 22.4 Å². The molecule has 4 aromatic rings. The molecule has 0 unspecified atom stereocenters. The van der Waals surface area contributed by atoms with E-state index in [1.165, 1.54) is 35.6 Å². The highest BCUT2D eigenvalue weighted by molar-refractivity contribution is 7.91. The molecular formula is C25H22ClN3O5S2. The van der Waals surface area contributed by atoms with Gasteiger partial charge in [0, 0.05) is 36.8 Å². The van der Waals surface area contributed by atoms with Gasteiger partial charge < -0.3 is 19.0 Å². The quantitative estimate of drug-likeness (QED) is 0.343. The van der Waals surface area contributed by atoms with Crippen LogP contribution in [0, 0.1) is 0 Å². The number of methoxy groups -OCH3 is 1. The SMILES string of the molecule is COc1cccc(C(=O)N2CCN(c3oc(-c4cccs4)nc3S(=O)(=O)c3ccc(Cl)cc3)CC2)c1. The van der Waals surface area contributed by atoms with Gasteiger partial charge in [0.25, 0.3) is 5.91 Å². The average molecular weight is 544 g/mol. The Morgan fingerprint density at radius 1 is 1.06 bits per heavy atom. The smallest absolute Gasteiger partial charge is 0.254 e. The summed E-state index contributed by atoms with van der Waals surface area (Å²) in [4.78, 5) is 21.8. The number of nitrogens with zero attached hydrogens (tertiary/aromatic N) is 3. The number of carbonyl (C=O) groups is 1. The van der Waals surface area contributed by atoms with Gasteiger partial charge in [-0.25, -0.2) is 8.42 Å². The lowest BCUT2D eigenvalue weighted by Gasteiger charge is -2.34. The van der Waals surface area contributed by atoms with Crippen molar-refractivity contribution in [2.24, 2.45) is 0 Å². The lowest BCUT2D eigenvalue weighted by molar-refractivity contribution is 0.0744. The van der Waals surface area contributed by atoms with E-state index < -0.39 is 9.84 Å². The summed E-state index contributed by atoms with van der Waals surface area (Å²) in [7, 11) is -2.43. The molecule has 11 heteroatoms. The van der Waals surface area contributed by atoms with Crippen molar-refractivity contribution in [1.82, 2.24) is 9.88 Å². The molecule has 1 aliphatic heterocycles. The number of piperazine rings is 1. The maximum absolute atomic E-state index is 13.5. The monoisotopic (exact) mass is 543 g/mol. The molecule has 1 aliphatic rings. The number of hydrogen-bond donors (Lipinski definition) is 0. The second-order valence-electron chi connectivity index (χ2n) is 8.08. The number of rotatable bonds is 6. The molecule has 0 atom stereocenters. The van der Waals surface area contributed by atoms with Gasteiger partial charge in [0.2, 0.25) is 26.6 Å². The zero-order valence-corrected chi connectivity index (χ0v) is 21.6. The summed E-state index contributed by atoms with van der Waals surface area (Å²) in [6.07, 6.45) is 0. The number of hydrogen-bond acceptors (Lipinski definition) is 8. The van der Waals surface area contributed by atoms with Gasteiger partial charge in [-0.2, -0.15) is 4.98 Å². The second kappa shape index (κ2) is 9.96. The lowest BCUT2D eigenvalue weighted by atomic mass is 10.1. The normalized spacial score (nSPS) is 14.2. The van der Waals surface area contributed by atoms with Gasteiger partial charge in [0.15, 0.2) is 0 Å². The fourth-order valence-corrected chi connectivity index (χ4v) is 6.05. The van der Waals surface area contributed by atoms with Crippen molar-refractivity contribution >= 4 is 44.6 Å². The van der Waals surface area contributed by atoms with E-state index in [2.05, 4.69) is 4.98 Å². The highest BCUT2D eigenvalue weighted by Gasteiger charge is 2.33. The summed E-state index contributed by atoms with van der Waals surface area (Å²) >= 11 is 7.37. The summed E-state index contributed by atoms with van der Waals surface area (Å²) in [6.45, 7) is 1.56. The Hall–Kier alpha value is -3.34. The van der Waals surface area contributed by atoms with E-state index in [9.17, 15) is 13.2 Å². The maximum Gasteiger partial charge on any atom is 0.254 e. The molecule has 3 heterocycles. The van der Waals surface area contributed by atoms with Crippen LogP contribution in [0.3, 0.4) is 0 Å². The Bertz CT molecular complexity index is 1480. The summed E-state index contributed by atoms with van der Waals surface area (Å²) in [5.74, 6) is 0.906. The first kappa shape index (κ1) is 24.4. The van der Waals surface area contributed by atoms with E-state index in [-0.39, 0.29) is 27.6 Å². The van der Waals surface area contributed by atoms with Crippen LogP contribution < -0.4 is 9.64 Å². The van der Waals surface area contributed by atoms with E-state index in [4.69, 9.17) is 20.8 Å². The van der Waals surface area contributed by atoms with Crippen LogP contribution in [-0.4, -0.2) is 57.5 Å². The van der Waals surface area contributed by atoms with Crippen LogP contribution in [0.25, 0.3) is 10.8 Å². The highest BCUT2D eigenvalue weighted by Crippen LogP contribution is 2.36. The van der Waals surface area contributed by atoms with E-state index in [1.807, 2.05) is 22.4 Å². The Morgan fingerprint density at radius 2 is 1.81 bits per heavy atom. The third kappa shape index (κ3) is 4.71. The molecule has 0 N–H and O–H groups in total. The van der Waals surface area contributed by atoms with Gasteiger partial charge >= 0.3 is 0 Å². The van der Waals surface area contributed by atoms with Gasteiger partial charge in [-0.15, -0.1) is 11.3 Å². The average Bonchev–Trinajstić information content (AvgIpc) is 3.59. The van der Waals surface area contributed by atoms with Crippen molar-refractivity contribution in [3.8, 4) is 16.5 Å². The van der Waals surface area contributed by atoms with Crippen LogP contribution in [0.15, 0.2) is 80.4 Å². The molecule has 0 spiro atoms. The molecule has 0 bridgehead atoms. The minimum Gasteiger partial charge on any atom is -0.497 e. The number of benzene rings is 2. The van der Waals surface area contributed by atoms with Crippen LogP contribution in [0.2, 0.25) is 5.02 Å². The van der Waals surface area contributed by atoms with Crippen LogP contribution >= 0.6 is 22.9 Å². The fourth-order valence-electron chi connectivity index (χ4n) is 3.96. The summed E-state index contributed by atoms with van der Waals surface area (Å²) in [5.41, 5.74) is 0.536. The van der Waals surface area contributed by atoms with Gasteiger partial charge in [0.05, 0.1) is 16.9 Å². The van der Waals surface area contributed by atoms with E-state index in [0.717, 1.165) is 4.88 Å². The van der Waals surface area contributed by atoms with Crippen LogP contribution in [0.5, 0.6) is 5.75 Å². The summed E-state index contributed by atoms with van der Waals surface area (Å²) in [5, 5.41) is 2.15. The third-order valence-corrected chi connectivity index (χ3v) is 8.64. The lowest BCUT2D eigenvalue weighted by Crippen LogP contribution is -2.49. The first-order valence-electron chi connectivity index (χ1n) is 11.1. The molecule has 8 nitrogen and oxygen atoms in total. The first-order chi connectivity index (χ1) is 17.4. The molecule has 2 aromatic carbocycles. The standard InChI is InChI=1S/C25H22ClN3O5S2/c1-33-19-5-2-4-17(16-19)24(30)28-11-13-29(14-12-28)25-23(27-22(34-25)21-6-3-15-35-21)36(31,32)20-9-7-18(26)8-10-20/h2-10,15-16H,11-14H2,1H3. The van der Waals surface area contributed by atoms with Gasteiger partial charge in [-0.1, -0.05) is 23.7 Å². The van der Waals surface area contributed by atoms with Crippen LogP contribution in [0.1, 0.15) is 10.4 Å². The van der Waals surface area contributed by atoms with Gasteiger partial charge in [-0.05, 0) is 53.9 Å². The highest BCUT2D eigenvalue weighted by atomic mass is 35.5. The van der Waals surface area contributed by atoms with Crippen molar-refractivity contribution in [2.75, 3.05) is 38.2 Å². The zero-order chi connectivity index (χ0) is 25.3. The number of halogens is 1. The second-order valence-corrected chi connectivity index (χ2v) is 11.3. The molecule has 1 amide bonds. The number of amides is 1. The van der Waals surface area contributed by atoms with Gasteiger partial charge in [-0.3, -0.25) is 4.79 Å². The van der Waals surface area contributed by atoms with Crippen LogP contribution in [-0.2, 0) is 9.84 Å². The summed E-state index contributed by atoms with van der Waals surface area (Å²) < 4.78 is 38.4. The number of carbonyl (C=O) groups excluding carboxylic acids is 1. The fraction of sp³-hybridized carbons (Fsp3) is 0.200. The minimum absolute atomic E-state index is 0.0750. The van der Waals surface area contributed by atoms with Crippen molar-refractivity contribution in [1.29, 1.82) is 0 Å². The van der Waals surface area contributed by atoms with Crippen molar-refractivity contribution in [2.45, 2.75) is 9.92 Å². The molecule has 0 aliphatic carbocycles. The van der Waals surface area contributed by atoms with Gasteiger partial charge in [0.1, 0.15) is 5.75 Å². The molecule has 1 saturated heterocycles. The zero-order valence-electron chi connectivity index (χ0n) is 19.3. The molecule has 0 radical (unpaired) electrons. The predicted molar refractivity (Wildman–Crippen MR) is 138 cm³/mol. The Labute approximate surface area is 217 Å². The molecule has 186 valence electrons. The van der Waals surface area contributed by atoms with E-state index in [1.54, 1.807) is 36.3 Å². The Kier molecular flexibility index (Phi) is 6.74. The maximum atomic E-state index is 13.5.